The van der Waals surface area contributed by atoms with Crippen molar-refractivity contribution >= 4 is 55.4 Å². The number of hydrogen-bond acceptors (Lipinski definition) is 6. The Morgan fingerprint density at radius 1 is 1.19 bits per heavy atom. The lowest BCUT2D eigenvalue weighted by atomic mass is 10.2. The second-order valence-corrected chi connectivity index (χ2v) is 10.8. The Labute approximate surface area is 229 Å². The molecule has 0 aromatic heterocycles. The maximum atomic E-state index is 13.5. The quantitative estimate of drug-likeness (QED) is 0.181. The van der Waals surface area contributed by atoms with Crippen molar-refractivity contribution in [2.24, 2.45) is 5.10 Å². The lowest BCUT2D eigenvalue weighted by molar-refractivity contribution is -0.119. The standard InChI is InChI=1S/C26H25BrClN3O5S/c1-4-12-36-26-22(27)14-19(15-24(26)35-3)16-29-30-25(32)17-31(23-11-10-20(28)13-18(23)2)37(33,34)21-8-6-5-7-9-21/h4-11,13-16H,1,12,17H2,2-3H3,(H,30,32)/b29-16-. The molecule has 11 heteroatoms. The zero-order valence-electron chi connectivity index (χ0n) is 20.1. The van der Waals surface area contributed by atoms with E-state index in [2.05, 4.69) is 33.0 Å². The lowest BCUT2D eigenvalue weighted by Crippen LogP contribution is -2.40. The van der Waals surface area contributed by atoms with Gasteiger partial charge >= 0.3 is 0 Å². The van der Waals surface area contributed by atoms with Crippen LogP contribution in [0.1, 0.15) is 11.1 Å². The van der Waals surface area contributed by atoms with Gasteiger partial charge in [-0.2, -0.15) is 5.10 Å². The van der Waals surface area contributed by atoms with Gasteiger partial charge in [-0.1, -0.05) is 42.5 Å². The number of ether oxygens (including phenoxy) is 2. The average Bonchev–Trinajstić information content (AvgIpc) is 2.87. The normalized spacial score (nSPS) is 11.2. The van der Waals surface area contributed by atoms with E-state index in [0.29, 0.717) is 44.4 Å². The molecule has 0 spiro atoms. The number of halogens is 2. The molecule has 3 rings (SSSR count). The number of methoxy groups -OCH3 is 1. The molecule has 0 aliphatic heterocycles. The van der Waals surface area contributed by atoms with Crippen LogP contribution in [0.3, 0.4) is 0 Å². The molecule has 1 N–H and O–H groups in total. The molecule has 1 amide bonds. The maximum absolute atomic E-state index is 13.5. The molecular formula is C26H25BrClN3O5S. The highest BCUT2D eigenvalue weighted by Gasteiger charge is 2.28. The van der Waals surface area contributed by atoms with Crippen LogP contribution in [0.25, 0.3) is 0 Å². The van der Waals surface area contributed by atoms with Crippen LogP contribution in [0.15, 0.2) is 87.8 Å². The number of rotatable bonds is 11. The van der Waals surface area contributed by atoms with Crippen LogP contribution in [-0.2, 0) is 14.8 Å². The van der Waals surface area contributed by atoms with Crippen molar-refractivity contribution in [2.75, 3.05) is 24.6 Å². The largest absolute Gasteiger partial charge is 0.493 e. The molecule has 0 fully saturated rings. The number of hydrogen-bond donors (Lipinski definition) is 1. The third-order valence-electron chi connectivity index (χ3n) is 5.05. The van der Waals surface area contributed by atoms with Crippen molar-refractivity contribution in [3.8, 4) is 11.5 Å². The predicted molar refractivity (Wildman–Crippen MR) is 149 cm³/mol. The van der Waals surface area contributed by atoms with E-state index in [-0.39, 0.29) is 4.90 Å². The molecule has 37 heavy (non-hydrogen) atoms. The predicted octanol–water partition coefficient (Wildman–Crippen LogP) is 5.33. The zero-order chi connectivity index (χ0) is 27.0. The highest BCUT2D eigenvalue weighted by molar-refractivity contribution is 9.10. The summed E-state index contributed by atoms with van der Waals surface area (Å²) in [7, 11) is -2.55. The number of carbonyl (C=O) groups is 1. The van der Waals surface area contributed by atoms with Crippen LogP contribution < -0.4 is 19.2 Å². The Hall–Kier alpha value is -3.34. The fourth-order valence-electron chi connectivity index (χ4n) is 3.36. The summed E-state index contributed by atoms with van der Waals surface area (Å²) < 4.78 is 39.5. The van der Waals surface area contributed by atoms with Gasteiger partial charge in [0.2, 0.25) is 0 Å². The summed E-state index contributed by atoms with van der Waals surface area (Å²) in [6.07, 6.45) is 3.02. The summed E-state index contributed by atoms with van der Waals surface area (Å²) in [5, 5.41) is 4.44. The van der Waals surface area contributed by atoms with Gasteiger partial charge in [0.25, 0.3) is 15.9 Å². The minimum Gasteiger partial charge on any atom is -0.493 e. The topological polar surface area (TPSA) is 97.3 Å². The molecule has 0 atom stereocenters. The number of nitrogens with zero attached hydrogens (tertiary/aromatic N) is 2. The molecule has 3 aromatic carbocycles. The molecular weight excluding hydrogens is 582 g/mol. The Morgan fingerprint density at radius 3 is 2.57 bits per heavy atom. The minimum absolute atomic E-state index is 0.0522. The fraction of sp³-hybridized carbons (Fsp3) is 0.154. The van der Waals surface area contributed by atoms with Crippen LogP contribution >= 0.6 is 27.5 Å². The number of aryl methyl sites for hydroxylation is 1. The van der Waals surface area contributed by atoms with Crippen LogP contribution in [0.2, 0.25) is 5.02 Å². The number of carbonyl (C=O) groups excluding carboxylic acids is 1. The van der Waals surface area contributed by atoms with Crippen molar-refractivity contribution < 1.29 is 22.7 Å². The molecule has 0 saturated carbocycles. The second-order valence-electron chi connectivity index (χ2n) is 7.68. The molecule has 0 radical (unpaired) electrons. The number of anilines is 1. The highest BCUT2D eigenvalue weighted by Crippen LogP contribution is 2.36. The van der Waals surface area contributed by atoms with Gasteiger partial charge in [0.1, 0.15) is 13.2 Å². The van der Waals surface area contributed by atoms with Crippen molar-refractivity contribution in [1.29, 1.82) is 0 Å². The van der Waals surface area contributed by atoms with Gasteiger partial charge < -0.3 is 9.47 Å². The van der Waals surface area contributed by atoms with E-state index in [1.54, 1.807) is 61.5 Å². The van der Waals surface area contributed by atoms with E-state index in [1.807, 2.05) is 0 Å². The van der Waals surface area contributed by atoms with Crippen molar-refractivity contribution in [2.45, 2.75) is 11.8 Å². The number of amides is 1. The molecule has 0 saturated heterocycles. The first-order valence-electron chi connectivity index (χ1n) is 10.9. The molecule has 8 nitrogen and oxygen atoms in total. The monoisotopic (exact) mass is 605 g/mol. The van der Waals surface area contributed by atoms with Gasteiger partial charge in [0.05, 0.1) is 28.4 Å². The van der Waals surface area contributed by atoms with Crippen molar-refractivity contribution in [3.05, 3.63) is 93.9 Å². The van der Waals surface area contributed by atoms with Crippen LogP contribution in [-0.4, -0.2) is 40.8 Å². The summed E-state index contributed by atoms with van der Waals surface area (Å²) in [6.45, 7) is 5.15. The van der Waals surface area contributed by atoms with Gasteiger partial charge in [-0.25, -0.2) is 13.8 Å². The summed E-state index contributed by atoms with van der Waals surface area (Å²) in [5.41, 5.74) is 3.92. The number of hydrazone groups is 1. The molecule has 0 heterocycles. The minimum atomic E-state index is -4.05. The van der Waals surface area contributed by atoms with Gasteiger partial charge in [-0.3, -0.25) is 9.10 Å². The molecule has 0 bridgehead atoms. The van der Waals surface area contributed by atoms with E-state index in [4.69, 9.17) is 21.1 Å². The molecule has 0 aliphatic rings. The third kappa shape index (κ3) is 7.12. The molecule has 0 unspecified atom stereocenters. The summed E-state index contributed by atoms with van der Waals surface area (Å²) in [4.78, 5) is 12.9. The van der Waals surface area contributed by atoms with E-state index in [9.17, 15) is 13.2 Å². The lowest BCUT2D eigenvalue weighted by Gasteiger charge is -2.25. The first-order valence-corrected chi connectivity index (χ1v) is 13.6. The number of benzene rings is 3. The van der Waals surface area contributed by atoms with Crippen LogP contribution in [0, 0.1) is 6.92 Å². The Kier molecular flexibility index (Phi) is 9.73. The average molecular weight is 607 g/mol. The summed E-state index contributed by atoms with van der Waals surface area (Å²) in [5.74, 6) is 0.327. The Bertz CT molecular complexity index is 1420. The first kappa shape index (κ1) is 28.2. The van der Waals surface area contributed by atoms with Crippen LogP contribution in [0.4, 0.5) is 5.69 Å². The van der Waals surface area contributed by atoms with E-state index in [0.717, 1.165) is 4.31 Å². The van der Waals surface area contributed by atoms with E-state index >= 15 is 0 Å². The smallest absolute Gasteiger partial charge is 0.264 e. The van der Waals surface area contributed by atoms with E-state index < -0.39 is 22.5 Å². The van der Waals surface area contributed by atoms with E-state index in [1.165, 1.54) is 25.5 Å². The molecule has 0 aliphatic carbocycles. The van der Waals surface area contributed by atoms with Gasteiger partial charge in [0, 0.05) is 5.02 Å². The zero-order valence-corrected chi connectivity index (χ0v) is 23.3. The molecule has 3 aromatic rings. The second kappa shape index (κ2) is 12.8. The Morgan fingerprint density at radius 2 is 1.92 bits per heavy atom. The SMILES string of the molecule is C=CCOc1c(Br)cc(/C=N\NC(=O)CN(c2ccc(Cl)cc2C)S(=O)(=O)c2ccccc2)cc1OC. The van der Waals surface area contributed by atoms with Gasteiger partial charge in [0.15, 0.2) is 11.5 Å². The van der Waals surface area contributed by atoms with Gasteiger partial charge in [-0.15, -0.1) is 0 Å². The maximum Gasteiger partial charge on any atom is 0.264 e. The van der Waals surface area contributed by atoms with Gasteiger partial charge in [-0.05, 0) is 76.4 Å². The highest BCUT2D eigenvalue weighted by atomic mass is 79.9. The number of nitrogens with one attached hydrogen (secondary N) is 1. The van der Waals surface area contributed by atoms with Crippen molar-refractivity contribution in [1.82, 2.24) is 5.43 Å². The summed E-state index contributed by atoms with van der Waals surface area (Å²) >= 11 is 9.50. The number of sulfonamides is 1. The third-order valence-corrected chi connectivity index (χ3v) is 7.64. The fourth-order valence-corrected chi connectivity index (χ4v) is 5.67. The summed E-state index contributed by atoms with van der Waals surface area (Å²) in [6, 6.07) is 16.1. The molecule has 194 valence electrons. The Balaban J connectivity index is 1.83. The first-order chi connectivity index (χ1) is 17.7. The van der Waals surface area contributed by atoms with Crippen molar-refractivity contribution in [3.63, 3.8) is 0 Å². The van der Waals surface area contributed by atoms with Crippen LogP contribution in [0.5, 0.6) is 11.5 Å².